The highest BCUT2D eigenvalue weighted by molar-refractivity contribution is 5.98. The number of benzene rings is 1. The highest BCUT2D eigenvalue weighted by Crippen LogP contribution is 2.43. The largest absolute Gasteiger partial charge is 0.416 e. The number of pyridine rings is 1. The number of carbonyl (C=O) groups is 2. The van der Waals surface area contributed by atoms with Gasteiger partial charge in [-0.1, -0.05) is 13.0 Å². The van der Waals surface area contributed by atoms with Gasteiger partial charge in [0.25, 0.3) is 5.91 Å². The number of amides is 2. The summed E-state index contributed by atoms with van der Waals surface area (Å²) in [5.41, 5.74) is -0.852. The maximum absolute atomic E-state index is 13.5. The van der Waals surface area contributed by atoms with Gasteiger partial charge in [-0.2, -0.15) is 13.2 Å². The van der Waals surface area contributed by atoms with Gasteiger partial charge in [0.05, 0.1) is 12.2 Å². The monoisotopic (exact) mass is 461 g/mol. The van der Waals surface area contributed by atoms with Gasteiger partial charge in [0.1, 0.15) is 11.8 Å². The van der Waals surface area contributed by atoms with Crippen molar-refractivity contribution in [1.82, 2.24) is 15.2 Å². The Morgan fingerprint density at radius 2 is 1.88 bits per heavy atom. The van der Waals surface area contributed by atoms with Crippen LogP contribution in [0.15, 0.2) is 48.8 Å². The van der Waals surface area contributed by atoms with Crippen LogP contribution in [-0.2, 0) is 22.3 Å². The second-order valence-corrected chi connectivity index (χ2v) is 8.78. The fourth-order valence-electron chi connectivity index (χ4n) is 4.53. The van der Waals surface area contributed by atoms with Crippen LogP contribution < -0.4 is 5.32 Å². The minimum absolute atomic E-state index is 0.0413. The summed E-state index contributed by atoms with van der Waals surface area (Å²) in [5, 5.41) is 2.84. The zero-order valence-corrected chi connectivity index (χ0v) is 18.3. The van der Waals surface area contributed by atoms with Crippen LogP contribution in [0.4, 0.5) is 13.2 Å². The lowest BCUT2D eigenvalue weighted by molar-refractivity contribution is -0.137. The van der Waals surface area contributed by atoms with Crippen molar-refractivity contribution in [2.45, 2.75) is 57.1 Å². The lowest BCUT2D eigenvalue weighted by atomic mass is 9.83. The van der Waals surface area contributed by atoms with Crippen LogP contribution in [0.2, 0.25) is 0 Å². The third-order valence-electron chi connectivity index (χ3n) is 6.49. The maximum Gasteiger partial charge on any atom is 0.416 e. The molecule has 2 heterocycles. The molecule has 6 nitrogen and oxygen atoms in total. The van der Waals surface area contributed by atoms with E-state index in [0.717, 1.165) is 42.7 Å². The van der Waals surface area contributed by atoms with Gasteiger partial charge in [-0.05, 0) is 67.5 Å². The van der Waals surface area contributed by atoms with Crippen molar-refractivity contribution in [3.05, 3.63) is 65.5 Å². The molecule has 1 saturated heterocycles. The van der Waals surface area contributed by atoms with Gasteiger partial charge >= 0.3 is 6.18 Å². The van der Waals surface area contributed by atoms with E-state index in [9.17, 15) is 22.8 Å². The second kappa shape index (κ2) is 9.13. The van der Waals surface area contributed by atoms with Crippen molar-refractivity contribution in [2.24, 2.45) is 5.92 Å². The molecule has 0 bridgehead atoms. The molecule has 1 saturated carbocycles. The molecule has 2 fully saturated rings. The van der Waals surface area contributed by atoms with Gasteiger partial charge < -0.3 is 10.1 Å². The molecule has 1 aliphatic carbocycles. The molecule has 1 atom stereocenters. The average Bonchev–Trinajstić information content (AvgIpc) is 3.18. The summed E-state index contributed by atoms with van der Waals surface area (Å²) in [4.78, 5) is 32.1. The Morgan fingerprint density at radius 1 is 1.18 bits per heavy atom. The van der Waals surface area contributed by atoms with Gasteiger partial charge in [0.15, 0.2) is 0 Å². The molecule has 0 radical (unpaired) electrons. The van der Waals surface area contributed by atoms with Crippen molar-refractivity contribution in [3.63, 3.8) is 0 Å². The summed E-state index contributed by atoms with van der Waals surface area (Å²) >= 11 is 0. The molecule has 1 spiro atoms. The third-order valence-corrected chi connectivity index (χ3v) is 6.49. The summed E-state index contributed by atoms with van der Waals surface area (Å²) < 4.78 is 45.0. The fourth-order valence-corrected chi connectivity index (χ4v) is 4.53. The molecule has 1 aliphatic heterocycles. The number of nitrogens with zero attached hydrogens (tertiary/aromatic N) is 2. The predicted octanol–water partition coefficient (Wildman–Crippen LogP) is 4.16. The number of hydrogen-bond acceptors (Lipinski definition) is 4. The first-order valence-corrected chi connectivity index (χ1v) is 11.0. The first kappa shape index (κ1) is 23.2. The molecule has 1 aromatic heterocycles. The molecule has 2 aliphatic rings. The number of carbonyl (C=O) groups excluding carboxylic acids is 2. The molecule has 1 unspecified atom stereocenters. The molecule has 33 heavy (non-hydrogen) atoms. The van der Waals surface area contributed by atoms with Crippen LogP contribution in [0.1, 0.15) is 54.1 Å². The SMILES string of the molecule is CC1CCC2(CC1)OCC(C(=O)NCc1cccnc1)N2C(=O)c1ccc(C(F)(F)F)cc1. The smallest absolute Gasteiger partial charge is 0.353 e. The molecule has 1 N–H and O–H groups in total. The van der Waals surface area contributed by atoms with Crippen LogP contribution in [0.25, 0.3) is 0 Å². The number of ether oxygens (including phenoxy) is 1. The van der Waals surface area contributed by atoms with E-state index in [0.29, 0.717) is 18.8 Å². The number of aromatic nitrogens is 1. The molecule has 9 heteroatoms. The van der Waals surface area contributed by atoms with E-state index in [-0.39, 0.29) is 24.6 Å². The Kier molecular flexibility index (Phi) is 6.43. The minimum Gasteiger partial charge on any atom is -0.353 e. The molecule has 4 rings (SSSR count). The Bertz CT molecular complexity index is 988. The standard InChI is InChI=1S/C24H26F3N3O3/c1-16-8-10-23(11-9-16)30(22(32)18-4-6-19(7-5-18)24(25,26)27)20(15-33-23)21(31)29-14-17-3-2-12-28-13-17/h2-7,12-13,16,20H,8-11,14-15H2,1H3,(H,29,31). The van der Waals surface area contributed by atoms with E-state index in [1.807, 2.05) is 6.07 Å². The third kappa shape index (κ3) is 4.88. The van der Waals surface area contributed by atoms with Crippen LogP contribution >= 0.6 is 0 Å². The number of alkyl halides is 3. The Morgan fingerprint density at radius 3 is 2.48 bits per heavy atom. The van der Waals surface area contributed by atoms with Gasteiger partial charge in [0.2, 0.25) is 5.91 Å². The molecular weight excluding hydrogens is 435 g/mol. The zero-order chi connectivity index (χ0) is 23.6. The zero-order valence-electron chi connectivity index (χ0n) is 18.3. The van der Waals surface area contributed by atoms with Gasteiger partial charge in [-0.15, -0.1) is 0 Å². The number of rotatable bonds is 4. The molecule has 2 amide bonds. The fraction of sp³-hybridized carbons (Fsp3) is 0.458. The van der Waals surface area contributed by atoms with Gasteiger partial charge in [-0.25, -0.2) is 0 Å². The highest BCUT2D eigenvalue weighted by Gasteiger charge is 2.53. The maximum atomic E-state index is 13.5. The van der Waals surface area contributed by atoms with Crippen molar-refractivity contribution in [1.29, 1.82) is 0 Å². The Balaban J connectivity index is 1.58. The quantitative estimate of drug-likeness (QED) is 0.742. The second-order valence-electron chi connectivity index (χ2n) is 8.78. The van der Waals surface area contributed by atoms with E-state index in [1.54, 1.807) is 18.5 Å². The summed E-state index contributed by atoms with van der Waals surface area (Å²) in [7, 11) is 0. The van der Waals surface area contributed by atoms with E-state index in [1.165, 1.54) is 4.90 Å². The molecule has 1 aromatic carbocycles. The van der Waals surface area contributed by atoms with Crippen molar-refractivity contribution in [3.8, 4) is 0 Å². The topological polar surface area (TPSA) is 71.5 Å². The normalized spacial score (nSPS) is 25.3. The van der Waals surface area contributed by atoms with Crippen molar-refractivity contribution < 1.29 is 27.5 Å². The van der Waals surface area contributed by atoms with Crippen molar-refractivity contribution in [2.75, 3.05) is 6.61 Å². The number of hydrogen-bond donors (Lipinski definition) is 1. The summed E-state index contributed by atoms with van der Waals surface area (Å²) in [6.07, 6.45) is 1.60. The first-order valence-electron chi connectivity index (χ1n) is 11.0. The predicted molar refractivity (Wildman–Crippen MR) is 114 cm³/mol. The van der Waals surface area contributed by atoms with E-state index in [4.69, 9.17) is 4.74 Å². The van der Waals surface area contributed by atoms with Gasteiger partial charge in [0, 0.05) is 24.5 Å². The van der Waals surface area contributed by atoms with Crippen LogP contribution in [0.5, 0.6) is 0 Å². The first-order chi connectivity index (χ1) is 15.7. The number of halogens is 3. The lowest BCUT2D eigenvalue weighted by Crippen LogP contribution is -2.56. The summed E-state index contributed by atoms with van der Waals surface area (Å²) in [6.45, 7) is 2.41. The molecular formula is C24H26F3N3O3. The van der Waals surface area contributed by atoms with E-state index < -0.39 is 29.4 Å². The van der Waals surface area contributed by atoms with Crippen LogP contribution in [0, 0.1) is 5.92 Å². The summed E-state index contributed by atoms with van der Waals surface area (Å²) in [6, 6.07) is 6.81. The molecule has 176 valence electrons. The Hall–Kier alpha value is -2.94. The lowest BCUT2D eigenvalue weighted by Gasteiger charge is -2.43. The van der Waals surface area contributed by atoms with Gasteiger partial charge in [-0.3, -0.25) is 19.5 Å². The average molecular weight is 461 g/mol. The van der Waals surface area contributed by atoms with Crippen molar-refractivity contribution >= 4 is 11.8 Å². The van der Waals surface area contributed by atoms with Crippen LogP contribution in [0.3, 0.4) is 0 Å². The van der Waals surface area contributed by atoms with E-state index in [2.05, 4.69) is 17.2 Å². The molecule has 2 aromatic rings. The minimum atomic E-state index is -4.49. The summed E-state index contributed by atoms with van der Waals surface area (Å²) in [5.74, 6) is -0.396. The van der Waals surface area contributed by atoms with Crippen LogP contribution in [-0.4, -0.2) is 40.1 Å². The van der Waals surface area contributed by atoms with E-state index >= 15 is 0 Å². The highest BCUT2D eigenvalue weighted by atomic mass is 19.4. The Labute approximate surface area is 190 Å². The number of nitrogens with one attached hydrogen (secondary N) is 1.